The predicted molar refractivity (Wildman–Crippen MR) is 48.4 cm³/mol. The Morgan fingerprint density at radius 2 is 2.10 bits per heavy atom. The van der Waals surface area contributed by atoms with E-state index in [1.165, 1.54) is 31.1 Å². The largest absolute Gasteiger partial charge is 0.107 e. The van der Waals surface area contributed by atoms with Crippen molar-refractivity contribution in [3.05, 3.63) is 0 Å². The molecule has 3 heteroatoms. The van der Waals surface area contributed by atoms with Gasteiger partial charge < -0.3 is 0 Å². The first-order valence-corrected chi connectivity index (χ1v) is 5.28. The molecule has 10 heavy (non-hydrogen) atoms. The van der Waals surface area contributed by atoms with Crippen LogP contribution in [-0.4, -0.2) is 12.2 Å². The molecule has 0 aromatic rings. The minimum atomic E-state index is 0. The molecule has 1 atom stereocenters. The number of hydrogen-bond donors (Lipinski definition) is 0. The molecule has 0 N–H and O–H groups in total. The number of ether oxygens (including phenoxy) is 1. The molecule has 1 aliphatic heterocycles. The van der Waals surface area contributed by atoms with E-state index in [4.69, 9.17) is 4.74 Å². The van der Waals surface area contributed by atoms with E-state index >= 15 is 0 Å². The van der Waals surface area contributed by atoms with Crippen LogP contribution in [0.4, 0.5) is 0 Å². The van der Waals surface area contributed by atoms with Gasteiger partial charge in [-0.25, -0.2) is 0 Å². The Balaban J connectivity index is 0.000000810. The maximum atomic E-state index is 5.56. The normalized spacial score (nSPS) is 31.0. The van der Waals surface area contributed by atoms with Crippen molar-refractivity contribution in [3.8, 4) is 0 Å². The second kappa shape index (κ2) is 4.37. The number of rotatable bonds is 0. The van der Waals surface area contributed by atoms with Gasteiger partial charge in [0.15, 0.2) is 0 Å². The first-order chi connectivity index (χ1) is 4.10. The van der Waals surface area contributed by atoms with Crippen LogP contribution < -0.4 is 0 Å². The zero-order valence-electron chi connectivity index (χ0n) is 6.72. The molecule has 0 radical (unpaired) electrons. The van der Waals surface area contributed by atoms with E-state index in [1.54, 1.807) is 0 Å². The average molecular weight is 306 g/mol. The van der Waals surface area contributed by atoms with Crippen LogP contribution >= 0.6 is 24.0 Å². The van der Waals surface area contributed by atoms with Crippen LogP contribution in [0.1, 0.15) is 26.7 Å². The summed E-state index contributed by atoms with van der Waals surface area (Å²) in [6.45, 7) is 5.36. The van der Waals surface area contributed by atoms with Gasteiger partial charge in [0.05, 0.1) is 0 Å². The summed E-state index contributed by atoms with van der Waals surface area (Å²) in [7, 11) is 0. The summed E-state index contributed by atoms with van der Waals surface area (Å²) in [6, 6.07) is 0. The molecule has 1 aliphatic rings. The summed E-state index contributed by atoms with van der Waals surface area (Å²) in [4.78, 5) is 0. The molecule has 57 valence electrons. The third kappa shape index (κ3) is 3.63. The van der Waals surface area contributed by atoms with E-state index in [1.807, 2.05) is 0 Å². The molecule has 0 saturated carbocycles. The van der Waals surface area contributed by atoms with Gasteiger partial charge in [0.25, 0.3) is 0 Å². The summed E-state index contributed by atoms with van der Waals surface area (Å²) < 4.78 is 6.54. The third-order valence-electron chi connectivity index (χ3n) is 1.80. The Bertz CT molecular complexity index is 106. The maximum absolute atomic E-state index is 5.56. The van der Waals surface area contributed by atoms with Gasteiger partial charge in [-0.3, -0.25) is 0 Å². The SMILES string of the molecule is CC1(C)C[CH]([Zn])CCO1.I. The Labute approximate surface area is 90.0 Å². The number of hydrogen-bond acceptors (Lipinski definition) is 1. The van der Waals surface area contributed by atoms with Crippen LogP contribution in [0.5, 0.6) is 0 Å². The zero-order chi connectivity index (χ0) is 6.91. The van der Waals surface area contributed by atoms with Gasteiger partial charge >= 0.3 is 66.4 Å². The predicted octanol–water partition coefficient (Wildman–Crippen LogP) is 2.53. The van der Waals surface area contributed by atoms with Crippen molar-refractivity contribution in [2.24, 2.45) is 0 Å². The van der Waals surface area contributed by atoms with E-state index in [-0.39, 0.29) is 29.6 Å². The van der Waals surface area contributed by atoms with Crippen molar-refractivity contribution in [2.75, 3.05) is 6.61 Å². The van der Waals surface area contributed by atoms with Crippen LogP contribution in [0.3, 0.4) is 0 Å². The van der Waals surface area contributed by atoms with Gasteiger partial charge in [-0.05, 0) is 0 Å². The van der Waals surface area contributed by atoms with Crippen molar-refractivity contribution in [1.29, 1.82) is 0 Å². The molecule has 1 unspecified atom stereocenters. The Kier molecular flexibility index (Phi) is 4.94. The molecule has 1 rings (SSSR count). The molecule has 0 bridgehead atoms. The standard InChI is InChI=1S/C7H13O.HI.Zn/c1-7(2)5-3-4-6-8-7;;/h3H,4-6H2,1-2H3;1H;. The summed E-state index contributed by atoms with van der Waals surface area (Å²) in [5.41, 5.74) is 0.182. The second-order valence-electron chi connectivity index (χ2n) is 3.47. The fourth-order valence-electron chi connectivity index (χ4n) is 1.36. The Hall–Kier alpha value is 1.31. The first kappa shape index (κ1) is 11.3. The minimum Gasteiger partial charge on any atom is -0.107 e. The van der Waals surface area contributed by atoms with Crippen molar-refractivity contribution >= 4 is 24.0 Å². The van der Waals surface area contributed by atoms with Gasteiger partial charge in [-0.2, -0.15) is 0 Å². The molecule has 0 aromatic carbocycles. The molecular weight excluding hydrogens is 292 g/mol. The van der Waals surface area contributed by atoms with Gasteiger partial charge in [0.2, 0.25) is 0 Å². The van der Waals surface area contributed by atoms with Crippen molar-refractivity contribution in [2.45, 2.75) is 36.8 Å². The van der Waals surface area contributed by atoms with Crippen LogP contribution in [0.25, 0.3) is 0 Å². The van der Waals surface area contributed by atoms with E-state index in [9.17, 15) is 0 Å². The Morgan fingerprint density at radius 1 is 1.50 bits per heavy atom. The van der Waals surface area contributed by atoms with Crippen LogP contribution in [0.15, 0.2) is 0 Å². The van der Waals surface area contributed by atoms with Gasteiger partial charge in [0, 0.05) is 0 Å². The van der Waals surface area contributed by atoms with Crippen molar-refractivity contribution < 1.29 is 23.0 Å². The monoisotopic (exact) mass is 305 g/mol. The van der Waals surface area contributed by atoms with E-state index in [0.717, 1.165) is 11.1 Å². The van der Waals surface area contributed by atoms with E-state index in [0.29, 0.717) is 0 Å². The van der Waals surface area contributed by atoms with Crippen molar-refractivity contribution in [3.63, 3.8) is 0 Å². The molecule has 1 heterocycles. The van der Waals surface area contributed by atoms with Crippen LogP contribution in [-0.2, 0) is 23.0 Å². The van der Waals surface area contributed by atoms with Gasteiger partial charge in [-0.15, -0.1) is 24.0 Å². The Morgan fingerprint density at radius 3 is 2.40 bits per heavy atom. The summed E-state index contributed by atoms with van der Waals surface area (Å²) in [5, 5.41) is 0. The molecule has 0 spiro atoms. The molecule has 0 amide bonds. The molecule has 0 aromatic heterocycles. The second-order valence-corrected chi connectivity index (χ2v) is 5.89. The molecule has 0 aliphatic carbocycles. The van der Waals surface area contributed by atoms with Gasteiger partial charge in [-0.1, -0.05) is 0 Å². The summed E-state index contributed by atoms with van der Waals surface area (Å²) >= 11 is 1.44. The van der Waals surface area contributed by atoms with E-state index in [2.05, 4.69) is 13.8 Å². The molecular formula is C7H14IOZn. The maximum Gasteiger partial charge on any atom is -0.107 e. The fourth-order valence-corrected chi connectivity index (χ4v) is 3.17. The third-order valence-corrected chi connectivity index (χ3v) is 3.26. The number of halogens is 1. The fraction of sp³-hybridized carbons (Fsp3) is 1.00. The summed E-state index contributed by atoms with van der Waals surface area (Å²) in [6.07, 6.45) is 2.57. The first-order valence-electron chi connectivity index (χ1n) is 3.57. The molecule has 1 nitrogen and oxygen atoms in total. The van der Waals surface area contributed by atoms with Crippen molar-refractivity contribution in [1.82, 2.24) is 0 Å². The smallest absolute Gasteiger partial charge is 0.107 e. The minimum absolute atomic E-state index is 0. The quantitative estimate of drug-likeness (QED) is 0.494. The average Bonchev–Trinajstić information content (AvgIpc) is 1.60. The summed E-state index contributed by atoms with van der Waals surface area (Å²) in [5.74, 6) is 0. The topological polar surface area (TPSA) is 9.23 Å². The van der Waals surface area contributed by atoms with E-state index < -0.39 is 0 Å². The molecule has 1 saturated heterocycles. The zero-order valence-corrected chi connectivity index (χ0v) is 12.0. The van der Waals surface area contributed by atoms with Gasteiger partial charge in [0.1, 0.15) is 0 Å². The molecule has 1 fully saturated rings. The van der Waals surface area contributed by atoms with Crippen LogP contribution in [0, 0.1) is 0 Å². The van der Waals surface area contributed by atoms with Crippen LogP contribution in [0.2, 0.25) is 4.51 Å².